The Bertz CT molecular complexity index is 623. The van der Waals surface area contributed by atoms with Gasteiger partial charge in [-0.1, -0.05) is 17.7 Å². The highest BCUT2D eigenvalue weighted by molar-refractivity contribution is 7.92. The SMILES string of the molecule is Cc1ccc(S(=O)(=O)Nc2ccn[nH]2)c(Cl)c1. The molecule has 0 amide bonds. The van der Waals surface area contributed by atoms with Crippen molar-refractivity contribution in [2.45, 2.75) is 11.8 Å². The Kier molecular flexibility index (Phi) is 3.08. The zero-order valence-corrected chi connectivity index (χ0v) is 10.5. The Morgan fingerprint density at radius 1 is 1.35 bits per heavy atom. The predicted octanol–water partition coefficient (Wildman–Crippen LogP) is 2.17. The second-order valence-corrected chi connectivity index (χ2v) is 5.57. The summed E-state index contributed by atoms with van der Waals surface area (Å²) in [5.74, 6) is 0.293. The lowest BCUT2D eigenvalue weighted by Crippen LogP contribution is -2.13. The van der Waals surface area contributed by atoms with Crippen LogP contribution in [0, 0.1) is 6.92 Å². The number of halogens is 1. The zero-order chi connectivity index (χ0) is 12.5. The molecule has 90 valence electrons. The highest BCUT2D eigenvalue weighted by Gasteiger charge is 2.18. The third-order valence-electron chi connectivity index (χ3n) is 2.12. The number of anilines is 1. The number of aromatic amines is 1. The summed E-state index contributed by atoms with van der Waals surface area (Å²) in [7, 11) is -3.68. The van der Waals surface area contributed by atoms with Crippen molar-refractivity contribution in [2.24, 2.45) is 0 Å². The van der Waals surface area contributed by atoms with Crippen molar-refractivity contribution in [1.29, 1.82) is 0 Å². The van der Waals surface area contributed by atoms with Gasteiger partial charge in [-0.2, -0.15) is 5.10 Å². The number of H-pyrrole nitrogens is 1. The minimum atomic E-state index is -3.68. The van der Waals surface area contributed by atoms with Gasteiger partial charge in [0.25, 0.3) is 10.0 Å². The Hall–Kier alpha value is -1.53. The summed E-state index contributed by atoms with van der Waals surface area (Å²) >= 11 is 5.91. The van der Waals surface area contributed by atoms with Crippen LogP contribution < -0.4 is 4.72 Å². The van der Waals surface area contributed by atoms with Gasteiger partial charge in [0, 0.05) is 6.07 Å². The smallest absolute Gasteiger partial charge is 0.264 e. The van der Waals surface area contributed by atoms with E-state index in [1.807, 2.05) is 6.92 Å². The maximum Gasteiger partial charge on any atom is 0.264 e. The lowest BCUT2D eigenvalue weighted by Gasteiger charge is -2.07. The Morgan fingerprint density at radius 2 is 2.12 bits per heavy atom. The normalized spacial score (nSPS) is 11.4. The van der Waals surface area contributed by atoms with E-state index >= 15 is 0 Å². The topological polar surface area (TPSA) is 74.8 Å². The number of aromatic nitrogens is 2. The molecule has 0 aliphatic carbocycles. The van der Waals surface area contributed by atoms with Crippen molar-refractivity contribution in [3.05, 3.63) is 41.0 Å². The molecular weight excluding hydrogens is 262 g/mol. The average Bonchev–Trinajstić information content (AvgIpc) is 2.68. The summed E-state index contributed by atoms with van der Waals surface area (Å²) in [4.78, 5) is 0.0411. The molecule has 1 aromatic carbocycles. The van der Waals surface area contributed by atoms with Crippen LogP contribution in [0.4, 0.5) is 5.82 Å². The van der Waals surface area contributed by atoms with Crippen molar-refractivity contribution >= 4 is 27.4 Å². The molecule has 17 heavy (non-hydrogen) atoms. The monoisotopic (exact) mass is 271 g/mol. The van der Waals surface area contributed by atoms with E-state index in [0.717, 1.165) is 5.56 Å². The summed E-state index contributed by atoms with van der Waals surface area (Å²) < 4.78 is 26.3. The van der Waals surface area contributed by atoms with Crippen LogP contribution in [-0.4, -0.2) is 18.6 Å². The maximum atomic E-state index is 12.0. The van der Waals surface area contributed by atoms with E-state index in [4.69, 9.17) is 11.6 Å². The predicted molar refractivity (Wildman–Crippen MR) is 65.6 cm³/mol. The standard InChI is InChI=1S/C10H10ClN3O2S/c1-7-2-3-9(8(11)6-7)17(15,16)14-10-4-5-12-13-10/h2-6H,1H3,(H2,12,13,14). The first-order chi connectivity index (χ1) is 7.99. The number of rotatable bonds is 3. The van der Waals surface area contributed by atoms with Gasteiger partial charge < -0.3 is 0 Å². The number of nitrogens with one attached hydrogen (secondary N) is 2. The van der Waals surface area contributed by atoms with Crippen molar-refractivity contribution < 1.29 is 8.42 Å². The minimum Gasteiger partial charge on any atom is -0.264 e. The van der Waals surface area contributed by atoms with Crippen molar-refractivity contribution in [2.75, 3.05) is 4.72 Å². The minimum absolute atomic E-state index is 0.0411. The molecule has 0 aliphatic heterocycles. The Labute approximate surface area is 104 Å². The van der Waals surface area contributed by atoms with E-state index in [9.17, 15) is 8.42 Å². The van der Waals surface area contributed by atoms with Crippen LogP contribution in [0.15, 0.2) is 35.4 Å². The van der Waals surface area contributed by atoms with Gasteiger partial charge in [-0.25, -0.2) is 8.42 Å². The van der Waals surface area contributed by atoms with Gasteiger partial charge >= 0.3 is 0 Å². The van der Waals surface area contributed by atoms with Crippen molar-refractivity contribution in [3.8, 4) is 0 Å². The molecular formula is C10H10ClN3O2S. The maximum absolute atomic E-state index is 12.0. The van der Waals surface area contributed by atoms with E-state index in [1.165, 1.54) is 18.3 Å². The number of sulfonamides is 1. The molecule has 2 N–H and O–H groups in total. The van der Waals surface area contributed by atoms with Gasteiger partial charge in [0.15, 0.2) is 0 Å². The summed E-state index contributed by atoms with van der Waals surface area (Å²) in [5.41, 5.74) is 0.899. The number of benzene rings is 1. The van der Waals surface area contributed by atoms with E-state index < -0.39 is 10.0 Å². The molecule has 0 atom stereocenters. The van der Waals surface area contributed by atoms with Crippen LogP contribution in [-0.2, 0) is 10.0 Å². The lowest BCUT2D eigenvalue weighted by molar-refractivity contribution is 0.601. The second kappa shape index (κ2) is 4.38. The largest absolute Gasteiger partial charge is 0.264 e. The third kappa shape index (κ3) is 2.59. The summed E-state index contributed by atoms with van der Waals surface area (Å²) in [6, 6.07) is 6.27. The van der Waals surface area contributed by atoms with E-state index in [2.05, 4.69) is 14.9 Å². The van der Waals surface area contributed by atoms with Crippen LogP contribution in [0.5, 0.6) is 0 Å². The molecule has 0 spiro atoms. The molecule has 0 bridgehead atoms. The molecule has 0 saturated heterocycles. The van der Waals surface area contributed by atoms with Crippen molar-refractivity contribution in [3.63, 3.8) is 0 Å². The molecule has 0 saturated carbocycles. The highest BCUT2D eigenvalue weighted by Crippen LogP contribution is 2.23. The third-order valence-corrected chi connectivity index (χ3v) is 3.97. The number of nitrogens with zero attached hydrogens (tertiary/aromatic N) is 1. The molecule has 0 fully saturated rings. The summed E-state index contributed by atoms with van der Waals surface area (Å²) in [6.45, 7) is 1.84. The fraction of sp³-hybridized carbons (Fsp3) is 0.100. The summed E-state index contributed by atoms with van der Waals surface area (Å²) in [5, 5.41) is 6.35. The van der Waals surface area contributed by atoms with Crippen LogP contribution >= 0.6 is 11.6 Å². The molecule has 1 heterocycles. The second-order valence-electron chi connectivity index (χ2n) is 3.51. The van der Waals surface area contributed by atoms with Crippen molar-refractivity contribution in [1.82, 2.24) is 10.2 Å². The molecule has 2 aromatic rings. The Balaban J connectivity index is 2.38. The number of hydrogen-bond donors (Lipinski definition) is 2. The van der Waals surface area contributed by atoms with Gasteiger partial charge in [-0.05, 0) is 24.6 Å². The molecule has 0 radical (unpaired) electrons. The Morgan fingerprint density at radius 3 is 2.71 bits per heavy atom. The molecule has 5 nitrogen and oxygen atoms in total. The zero-order valence-electron chi connectivity index (χ0n) is 8.94. The molecule has 2 rings (SSSR count). The molecule has 0 aliphatic rings. The van der Waals surface area contributed by atoms with Gasteiger partial charge in [-0.3, -0.25) is 9.82 Å². The van der Waals surface area contributed by atoms with Crippen LogP contribution in [0.2, 0.25) is 5.02 Å². The highest BCUT2D eigenvalue weighted by atomic mass is 35.5. The van der Waals surface area contributed by atoms with Gasteiger partial charge in [-0.15, -0.1) is 0 Å². The quantitative estimate of drug-likeness (QED) is 0.898. The number of hydrogen-bond acceptors (Lipinski definition) is 3. The lowest BCUT2D eigenvalue weighted by atomic mass is 10.2. The average molecular weight is 272 g/mol. The van der Waals surface area contributed by atoms with Crippen LogP contribution in [0.1, 0.15) is 5.56 Å². The van der Waals surface area contributed by atoms with Gasteiger partial charge in [0.1, 0.15) is 10.7 Å². The van der Waals surface area contributed by atoms with E-state index in [-0.39, 0.29) is 9.92 Å². The van der Waals surface area contributed by atoms with E-state index in [1.54, 1.807) is 12.1 Å². The summed E-state index contributed by atoms with van der Waals surface area (Å²) in [6.07, 6.45) is 1.45. The van der Waals surface area contributed by atoms with Gasteiger partial charge in [0.2, 0.25) is 0 Å². The fourth-order valence-electron chi connectivity index (χ4n) is 1.34. The van der Waals surface area contributed by atoms with Gasteiger partial charge in [0.05, 0.1) is 11.2 Å². The molecule has 7 heteroatoms. The van der Waals surface area contributed by atoms with E-state index in [0.29, 0.717) is 5.82 Å². The molecule has 1 aromatic heterocycles. The van der Waals surface area contributed by atoms with Crippen LogP contribution in [0.3, 0.4) is 0 Å². The first kappa shape index (κ1) is 11.9. The molecule has 0 unspecified atom stereocenters. The van der Waals surface area contributed by atoms with Crippen LogP contribution in [0.25, 0.3) is 0 Å². The first-order valence-corrected chi connectivity index (χ1v) is 6.63. The number of aryl methyl sites for hydroxylation is 1. The fourth-order valence-corrected chi connectivity index (χ4v) is 2.95. The first-order valence-electron chi connectivity index (χ1n) is 4.77.